The number of aromatic nitrogens is 2. The fourth-order valence-corrected chi connectivity index (χ4v) is 5.00. The van der Waals surface area contributed by atoms with Crippen LogP contribution in [0, 0.1) is 12.8 Å². The Balaban J connectivity index is 0.00000148. The van der Waals surface area contributed by atoms with Gasteiger partial charge >= 0.3 is 0 Å². The molecular weight excluding hydrogens is 450 g/mol. The van der Waals surface area contributed by atoms with Gasteiger partial charge in [0.2, 0.25) is 5.91 Å². The van der Waals surface area contributed by atoms with Gasteiger partial charge in [-0.15, -0.1) is 0 Å². The van der Waals surface area contributed by atoms with E-state index in [4.69, 9.17) is 15.7 Å². The van der Waals surface area contributed by atoms with E-state index in [0.717, 1.165) is 54.0 Å². The quantitative estimate of drug-likeness (QED) is 0.626. The number of likely N-dealkylation sites (tertiary alicyclic amines) is 1. The molecule has 1 aromatic heterocycles. The van der Waals surface area contributed by atoms with Gasteiger partial charge in [0.15, 0.2) is 5.82 Å². The van der Waals surface area contributed by atoms with Crippen LogP contribution in [-0.4, -0.2) is 50.9 Å². The molecule has 2 aromatic rings. The highest BCUT2D eigenvalue weighted by molar-refractivity contribution is 6.11. The molecule has 3 aliphatic rings. The van der Waals surface area contributed by atoms with Crippen molar-refractivity contribution < 1.29 is 9.90 Å². The molecule has 7 nitrogen and oxygen atoms in total. The number of carbonyl (C=O) groups excluding carboxylic acids is 1. The highest BCUT2D eigenvalue weighted by Gasteiger charge is 2.22. The number of aliphatic imine (C=N–C) groups is 1. The van der Waals surface area contributed by atoms with E-state index >= 15 is 0 Å². The largest absolute Gasteiger partial charge is 0.396 e. The summed E-state index contributed by atoms with van der Waals surface area (Å²) < 4.78 is 2.14. The summed E-state index contributed by atoms with van der Waals surface area (Å²) in [7, 11) is 0. The summed E-state index contributed by atoms with van der Waals surface area (Å²) in [5.41, 5.74) is 10.8. The van der Waals surface area contributed by atoms with Crippen LogP contribution in [-0.2, 0) is 17.8 Å². The predicted octanol–water partition coefficient (Wildman–Crippen LogP) is 2.29. The number of benzene rings is 1. The molecule has 5 rings (SSSR count). The molecule has 36 heavy (non-hydrogen) atoms. The number of fused-ring (bicyclic) bond motifs is 2. The first-order valence-corrected chi connectivity index (χ1v) is 13.0. The third-order valence-corrected chi connectivity index (χ3v) is 6.71. The first kappa shape index (κ1) is 25.6. The van der Waals surface area contributed by atoms with Crippen LogP contribution < -0.4 is 16.4 Å². The third-order valence-electron chi connectivity index (χ3n) is 6.71. The molecule has 7 heteroatoms. The average molecular weight is 488 g/mol. The van der Waals surface area contributed by atoms with E-state index in [0.29, 0.717) is 30.6 Å². The number of amides is 1. The van der Waals surface area contributed by atoms with Crippen LogP contribution in [0.5, 0.6) is 0 Å². The van der Waals surface area contributed by atoms with Crippen molar-refractivity contribution in [3.8, 4) is 0 Å². The van der Waals surface area contributed by atoms with Crippen LogP contribution >= 0.6 is 0 Å². The number of hydrogen-bond acceptors (Lipinski definition) is 5. The maximum atomic E-state index is 12.0. The minimum Gasteiger partial charge on any atom is -0.396 e. The normalized spacial score (nSPS) is 18.4. The minimum absolute atomic E-state index is 0.00838. The van der Waals surface area contributed by atoms with Crippen LogP contribution in [0.4, 0.5) is 0 Å². The van der Waals surface area contributed by atoms with E-state index in [1.807, 2.05) is 18.7 Å². The van der Waals surface area contributed by atoms with Crippen LogP contribution in [0.2, 0.25) is 0 Å². The van der Waals surface area contributed by atoms with Crippen molar-refractivity contribution in [1.82, 2.24) is 14.5 Å². The summed E-state index contributed by atoms with van der Waals surface area (Å²) >= 11 is 0. The number of hydrogen-bond donors (Lipinski definition) is 2. The van der Waals surface area contributed by atoms with Gasteiger partial charge in [-0.2, -0.15) is 0 Å². The molecule has 1 amide bonds. The highest BCUT2D eigenvalue weighted by Crippen LogP contribution is 2.25. The van der Waals surface area contributed by atoms with Crippen LogP contribution in [0.3, 0.4) is 0 Å². The van der Waals surface area contributed by atoms with Crippen molar-refractivity contribution in [2.45, 2.75) is 53.0 Å². The maximum Gasteiger partial charge on any atom is 0.222 e. The summed E-state index contributed by atoms with van der Waals surface area (Å²) in [6, 6.07) is 8.43. The van der Waals surface area contributed by atoms with Gasteiger partial charge in [0, 0.05) is 38.4 Å². The fraction of sp³-hybridized carbons (Fsp3) is 0.414. The lowest BCUT2D eigenvalue weighted by molar-refractivity contribution is -0.127. The molecule has 1 saturated heterocycles. The number of nitrogens with two attached hydrogens (primary N) is 1. The van der Waals surface area contributed by atoms with Crippen molar-refractivity contribution in [3.63, 3.8) is 0 Å². The number of aliphatic hydroxyl groups excluding tert-OH is 1. The highest BCUT2D eigenvalue weighted by atomic mass is 16.3. The Kier molecular flexibility index (Phi) is 8.21. The average Bonchev–Trinajstić information content (AvgIpc) is 3.41. The van der Waals surface area contributed by atoms with Gasteiger partial charge in [0.25, 0.3) is 0 Å². The Hall–Kier alpha value is -3.45. The number of aryl methyl sites for hydroxylation is 1. The molecule has 190 valence electrons. The van der Waals surface area contributed by atoms with Gasteiger partial charge in [0.1, 0.15) is 11.2 Å². The molecule has 2 aliphatic heterocycles. The monoisotopic (exact) mass is 487 g/mol. The minimum atomic E-state index is -0.00838. The second-order valence-corrected chi connectivity index (χ2v) is 9.17. The molecule has 1 atom stereocenters. The van der Waals surface area contributed by atoms with Gasteiger partial charge in [-0.3, -0.25) is 4.79 Å². The summed E-state index contributed by atoms with van der Waals surface area (Å²) in [6.45, 7) is 8.39. The molecule has 0 saturated carbocycles. The lowest BCUT2D eigenvalue weighted by atomic mass is 9.90. The van der Waals surface area contributed by atoms with E-state index in [1.165, 1.54) is 5.56 Å². The van der Waals surface area contributed by atoms with Crippen molar-refractivity contribution in [2.75, 3.05) is 19.7 Å². The molecular formula is C29H37N5O2. The van der Waals surface area contributed by atoms with Gasteiger partial charge in [-0.25, -0.2) is 9.98 Å². The van der Waals surface area contributed by atoms with Crippen LogP contribution in [0.1, 0.15) is 50.1 Å². The van der Waals surface area contributed by atoms with Crippen molar-refractivity contribution in [3.05, 3.63) is 70.1 Å². The van der Waals surface area contributed by atoms with Gasteiger partial charge < -0.3 is 20.3 Å². The molecule has 1 unspecified atom stereocenters. The van der Waals surface area contributed by atoms with Crippen molar-refractivity contribution >= 4 is 29.1 Å². The molecule has 3 heterocycles. The summed E-state index contributed by atoms with van der Waals surface area (Å²) in [5.74, 6) is 1.43. The van der Waals surface area contributed by atoms with Crippen molar-refractivity contribution in [2.24, 2.45) is 16.6 Å². The number of imidazole rings is 1. The predicted molar refractivity (Wildman–Crippen MR) is 145 cm³/mol. The van der Waals surface area contributed by atoms with Gasteiger partial charge in [-0.1, -0.05) is 55.8 Å². The number of rotatable bonds is 7. The Bertz CT molecular complexity index is 1330. The zero-order valence-electron chi connectivity index (χ0n) is 21.6. The standard InChI is InChI=1S/C27H31N5O2.C2H6/c1-18-5-2-6-19(15-18)20-8-9-21-17-23-26(27(28)29-22(21)16-20)30-24(10-14-33)32(23)13-4-12-31-11-3-7-25(31)34;1-2/h2,5-6,8-9,15-17,21,33H,3-4,7,10-14,28H2,1H3;1-2H3. The second-order valence-electron chi connectivity index (χ2n) is 9.17. The lowest BCUT2D eigenvalue weighted by Gasteiger charge is -2.17. The SMILES string of the molecule is CC.Cc1cccc(C2=CC3=NC(N)=c4nc(CCO)n(CCCN5CCCC5=O)c4=CC3C=C2)c1. The maximum absolute atomic E-state index is 12.0. The first-order valence-electron chi connectivity index (χ1n) is 13.0. The van der Waals surface area contributed by atoms with E-state index in [9.17, 15) is 9.90 Å². The second kappa shape index (κ2) is 11.5. The number of nitrogens with zero attached hydrogens (tertiary/aromatic N) is 4. The molecule has 1 fully saturated rings. The smallest absolute Gasteiger partial charge is 0.222 e. The first-order chi connectivity index (χ1) is 17.5. The number of allylic oxidation sites excluding steroid dienone is 4. The number of carbonyl (C=O) groups is 1. The summed E-state index contributed by atoms with van der Waals surface area (Å²) in [6.07, 6.45) is 11.4. The Morgan fingerprint density at radius 1 is 1.22 bits per heavy atom. The summed E-state index contributed by atoms with van der Waals surface area (Å²) in [5, 5.41) is 11.2. The third kappa shape index (κ3) is 5.36. The summed E-state index contributed by atoms with van der Waals surface area (Å²) in [4.78, 5) is 23.5. The lowest BCUT2D eigenvalue weighted by Crippen LogP contribution is -2.35. The molecule has 0 spiro atoms. The molecule has 1 aromatic carbocycles. The fourth-order valence-electron chi connectivity index (χ4n) is 5.00. The van der Waals surface area contributed by atoms with Gasteiger partial charge in [-0.05, 0) is 43.1 Å². The van der Waals surface area contributed by atoms with E-state index in [1.54, 1.807) is 0 Å². The zero-order chi connectivity index (χ0) is 25.7. The molecule has 0 bridgehead atoms. The Labute approximate surface area is 213 Å². The Morgan fingerprint density at radius 3 is 2.78 bits per heavy atom. The van der Waals surface area contributed by atoms with E-state index < -0.39 is 0 Å². The molecule has 3 N–H and O–H groups in total. The van der Waals surface area contributed by atoms with Crippen LogP contribution in [0.25, 0.3) is 17.5 Å². The topological polar surface area (TPSA) is 96.7 Å². The number of aliphatic hydroxyl groups is 1. The molecule has 0 radical (unpaired) electrons. The molecule has 1 aliphatic carbocycles. The van der Waals surface area contributed by atoms with Gasteiger partial charge in [0.05, 0.1) is 17.7 Å². The van der Waals surface area contributed by atoms with E-state index in [2.05, 4.69) is 60.1 Å². The van der Waals surface area contributed by atoms with E-state index in [-0.39, 0.29) is 18.4 Å². The Morgan fingerprint density at radius 2 is 2.06 bits per heavy atom. The van der Waals surface area contributed by atoms with Crippen molar-refractivity contribution in [1.29, 1.82) is 0 Å². The zero-order valence-corrected chi connectivity index (χ0v) is 21.6. The van der Waals surface area contributed by atoms with Crippen LogP contribution in [0.15, 0.2) is 47.5 Å².